The van der Waals surface area contributed by atoms with Gasteiger partial charge in [0.15, 0.2) is 11.2 Å². The van der Waals surface area contributed by atoms with Crippen LogP contribution in [0.5, 0.6) is 0 Å². The minimum atomic E-state index is -1.18. The van der Waals surface area contributed by atoms with Crippen molar-refractivity contribution < 1.29 is 28.7 Å². The van der Waals surface area contributed by atoms with Crippen LogP contribution in [0.2, 0.25) is 0 Å². The Kier molecular flexibility index (Phi) is 22.7. The van der Waals surface area contributed by atoms with Crippen molar-refractivity contribution in [3.8, 4) is 22.3 Å². The van der Waals surface area contributed by atoms with Crippen LogP contribution in [0.3, 0.4) is 0 Å². The van der Waals surface area contributed by atoms with Gasteiger partial charge in [-0.3, -0.25) is 9.59 Å². The number of carbonyl (C=O) groups is 4. The van der Waals surface area contributed by atoms with Crippen molar-refractivity contribution in [1.82, 2.24) is 9.80 Å². The maximum absolute atomic E-state index is 15.8. The number of amides is 2. The Morgan fingerprint density at radius 3 is 0.804 bits per heavy atom. The van der Waals surface area contributed by atoms with Crippen molar-refractivity contribution in [2.45, 2.75) is 153 Å². The summed E-state index contributed by atoms with van der Waals surface area (Å²) < 4.78 is 13.3. The predicted octanol–water partition coefficient (Wildman–Crippen LogP) is 19.9. The second-order valence-corrected chi connectivity index (χ2v) is 29.3. The molecule has 0 unspecified atom stereocenters. The third kappa shape index (κ3) is 14.6. The number of rotatable bonds is 34. The van der Waals surface area contributed by atoms with Gasteiger partial charge in [-0.2, -0.15) is 0 Å². The molecule has 2 amide bonds. The third-order valence-corrected chi connectivity index (χ3v) is 21.5. The fraction of sp³-hybridized carbons (Fsp3) is 0.378. The lowest BCUT2D eigenvalue weighted by Crippen LogP contribution is -2.31. The molecule has 4 aliphatic rings. The summed E-state index contributed by atoms with van der Waals surface area (Å²) in [5.41, 5.74) is 15.0. The van der Waals surface area contributed by atoms with Gasteiger partial charge in [0.05, 0.1) is 33.7 Å². The van der Waals surface area contributed by atoms with Crippen molar-refractivity contribution in [3.63, 3.8) is 0 Å². The summed E-state index contributed by atoms with van der Waals surface area (Å²) in [7, 11) is 16.1. The number of ether oxygens (including phenoxy) is 2. The van der Waals surface area contributed by atoms with Crippen molar-refractivity contribution in [2.24, 2.45) is 0 Å². The summed E-state index contributed by atoms with van der Waals surface area (Å²) in [6, 6.07) is 61.4. The van der Waals surface area contributed by atoms with E-state index < -0.39 is 23.1 Å². The smallest absolute Gasteiger partial charge is 0.340 e. The summed E-state index contributed by atoms with van der Waals surface area (Å²) in [5, 5.41) is 0. The van der Waals surface area contributed by atoms with Gasteiger partial charge >= 0.3 is 11.9 Å². The summed E-state index contributed by atoms with van der Waals surface area (Å²) >= 11 is 0. The molecule has 0 atom stereocenters. The number of benzene rings is 8. The van der Waals surface area contributed by atoms with Crippen LogP contribution in [0.1, 0.15) is 207 Å². The van der Waals surface area contributed by atoms with Gasteiger partial charge in [0.2, 0.25) is 0 Å². The van der Waals surface area contributed by atoms with Gasteiger partial charge in [0.25, 0.3) is 11.8 Å². The van der Waals surface area contributed by atoms with Crippen molar-refractivity contribution in [2.75, 3.05) is 89.1 Å². The van der Waals surface area contributed by atoms with Gasteiger partial charge in [-0.15, -0.1) is 0 Å². The second kappa shape index (κ2) is 32.1. The summed E-state index contributed by atoms with van der Waals surface area (Å²) in [5.74, 6) is -1.10. The number of esters is 2. The molecule has 4 heterocycles. The molecular weight excluding hydrogens is 1260 g/mol. The Hall–Kier alpha value is -9.68. The Bertz CT molecular complexity index is 3950. The molecule has 12 rings (SSSR count). The topological polar surface area (TPSA) is 106 Å². The minimum Gasteiger partial charge on any atom is -0.441 e. The molecular formula is C90H104N6O6. The molecule has 0 aromatic heterocycles. The molecule has 0 bridgehead atoms. The van der Waals surface area contributed by atoms with E-state index in [9.17, 15) is 9.59 Å². The molecule has 530 valence electrons. The van der Waals surface area contributed by atoms with Crippen LogP contribution in [0, 0.1) is 0 Å². The quantitative estimate of drug-likeness (QED) is 0.0286. The molecule has 4 aliphatic heterocycles. The largest absolute Gasteiger partial charge is 0.441 e. The molecule has 0 saturated carbocycles. The zero-order valence-corrected chi connectivity index (χ0v) is 62.0. The standard InChI is InChI=1S/C90H104N6O6/c1-11-13-15-17-19-21-23-25-27-29-59-95-83(65-35-31-63(32-36-65)67-39-57-79-77(61-67)87(99)101-89(79,69-41-49-73(50-42-69)91(3)4)70-43-51-74(52-44-70)92(5)6)81-82(85(95)97)84(96(86(81)98)60-30-28-26-24-22-20-18-16-14-12-2)66-37-33-64(34-38-66)68-40-58-80-78(62-68)88(100)102-90(80,71-45-53-75(54-46-71)93(7)8)72-47-55-76(56-48-72)94(9)10/h31-58,61-62H,11-30,59-60H2,1-10H3. The highest BCUT2D eigenvalue weighted by atomic mass is 16.6. The molecule has 0 radical (unpaired) electrons. The highest BCUT2D eigenvalue weighted by molar-refractivity contribution is 6.30. The molecule has 12 nitrogen and oxygen atoms in total. The van der Waals surface area contributed by atoms with Crippen LogP contribution in [-0.4, -0.2) is 103 Å². The van der Waals surface area contributed by atoms with Gasteiger partial charge in [0.1, 0.15) is 0 Å². The van der Waals surface area contributed by atoms with E-state index in [2.05, 4.69) is 143 Å². The highest BCUT2D eigenvalue weighted by Crippen LogP contribution is 2.52. The first-order chi connectivity index (χ1) is 49.5. The summed E-state index contributed by atoms with van der Waals surface area (Å²) in [4.78, 5) is 72.5. The monoisotopic (exact) mass is 1360 g/mol. The van der Waals surface area contributed by atoms with E-state index in [-0.39, 0.29) is 11.8 Å². The maximum atomic E-state index is 15.8. The third-order valence-electron chi connectivity index (χ3n) is 21.5. The lowest BCUT2D eigenvalue weighted by Gasteiger charge is -2.31. The van der Waals surface area contributed by atoms with E-state index in [1.54, 1.807) is 0 Å². The molecule has 0 N–H and O–H groups in total. The average Bonchev–Trinajstić information content (AvgIpc) is 1.56. The van der Waals surface area contributed by atoms with E-state index in [0.29, 0.717) is 46.8 Å². The van der Waals surface area contributed by atoms with E-state index in [4.69, 9.17) is 9.47 Å². The molecule has 0 saturated heterocycles. The van der Waals surface area contributed by atoms with E-state index in [1.807, 2.05) is 139 Å². The van der Waals surface area contributed by atoms with Crippen LogP contribution in [0.15, 0.2) is 193 Å². The maximum Gasteiger partial charge on any atom is 0.340 e. The molecule has 8 aromatic rings. The fourth-order valence-electron chi connectivity index (χ4n) is 15.6. The number of hydrogen-bond donors (Lipinski definition) is 0. The number of carbonyl (C=O) groups excluding carboxylic acids is 4. The van der Waals surface area contributed by atoms with Crippen LogP contribution in [-0.2, 0) is 30.3 Å². The van der Waals surface area contributed by atoms with Gasteiger partial charge in [-0.25, -0.2) is 9.59 Å². The molecule has 8 aromatic carbocycles. The lowest BCUT2D eigenvalue weighted by molar-refractivity contribution is -0.124. The second-order valence-electron chi connectivity index (χ2n) is 29.3. The number of nitrogens with zero attached hydrogens (tertiary/aromatic N) is 6. The SMILES string of the molecule is CCCCCCCCCCCCN1C(=O)C2=C(c3ccc(-c4ccc5c(c4)C(=O)OC5(c4ccc(N(C)C)cc4)c4ccc(N(C)C)cc4)cc3)N(CCCCCCCCCCCC)C(=O)C2=C1c1ccc(-c2ccc3c(c2)C(=O)OC3(c2ccc(N(C)C)cc2)c2ccc(N(C)C)cc2)cc1. The van der Waals surface area contributed by atoms with E-state index >= 15 is 9.59 Å². The number of anilines is 4. The Morgan fingerprint density at radius 2 is 0.539 bits per heavy atom. The number of fused-ring (bicyclic) bond motifs is 3. The van der Waals surface area contributed by atoms with Crippen LogP contribution in [0.4, 0.5) is 22.7 Å². The summed E-state index contributed by atoms with van der Waals surface area (Å²) in [6.07, 6.45) is 23.2. The zero-order chi connectivity index (χ0) is 71.7. The van der Waals surface area contributed by atoms with Crippen LogP contribution in [0.25, 0.3) is 33.6 Å². The molecule has 102 heavy (non-hydrogen) atoms. The van der Waals surface area contributed by atoms with Crippen LogP contribution >= 0.6 is 0 Å². The Morgan fingerprint density at radius 1 is 0.294 bits per heavy atom. The number of hydrogen-bond acceptors (Lipinski definition) is 10. The van der Waals surface area contributed by atoms with Gasteiger partial charge in [-0.1, -0.05) is 251 Å². The minimum absolute atomic E-state index is 0.153. The van der Waals surface area contributed by atoms with Crippen LogP contribution < -0.4 is 19.6 Å². The first-order valence-electron chi connectivity index (χ1n) is 37.7. The number of cyclic esters (lactones) is 2. The van der Waals surface area contributed by atoms with Gasteiger partial charge in [0, 0.05) is 126 Å². The lowest BCUT2D eigenvalue weighted by atomic mass is 9.79. The first-order valence-corrected chi connectivity index (χ1v) is 37.7. The molecule has 0 fully saturated rings. The Balaban J connectivity index is 0.896. The molecule has 0 spiro atoms. The van der Waals surface area contributed by atoms with Crippen molar-refractivity contribution >= 4 is 57.9 Å². The molecule has 0 aliphatic carbocycles. The fourth-order valence-corrected chi connectivity index (χ4v) is 15.6. The normalized spacial score (nSPS) is 14.9. The van der Waals surface area contributed by atoms with E-state index in [0.717, 1.165) is 141 Å². The predicted molar refractivity (Wildman–Crippen MR) is 418 cm³/mol. The summed E-state index contributed by atoms with van der Waals surface area (Å²) in [6.45, 7) is 5.47. The number of unbranched alkanes of at least 4 members (excludes halogenated alkanes) is 18. The van der Waals surface area contributed by atoms with Gasteiger partial charge < -0.3 is 38.9 Å². The highest BCUT2D eigenvalue weighted by Gasteiger charge is 2.52. The first kappa shape index (κ1) is 72.1. The van der Waals surface area contributed by atoms with Crippen molar-refractivity contribution in [3.05, 3.63) is 249 Å². The van der Waals surface area contributed by atoms with Gasteiger partial charge in [-0.05, 0) is 107 Å². The molecule has 12 heteroatoms. The van der Waals surface area contributed by atoms with E-state index in [1.165, 1.54) is 77.0 Å². The van der Waals surface area contributed by atoms with Crippen molar-refractivity contribution in [1.29, 1.82) is 0 Å². The average molecular weight is 1370 g/mol. The Labute approximate surface area is 606 Å². The zero-order valence-electron chi connectivity index (χ0n) is 62.0.